The van der Waals surface area contributed by atoms with E-state index in [1.807, 2.05) is 0 Å². The third-order valence-corrected chi connectivity index (χ3v) is 2.58. The Balaban J connectivity index is 2.61. The van der Waals surface area contributed by atoms with Crippen molar-refractivity contribution in [1.82, 2.24) is 5.32 Å². The van der Waals surface area contributed by atoms with Crippen molar-refractivity contribution in [3.63, 3.8) is 0 Å². The molecule has 0 bridgehead atoms. The molecular weight excluding hydrogens is 278 g/mol. The fourth-order valence-electron chi connectivity index (χ4n) is 1.61. The van der Waals surface area contributed by atoms with E-state index >= 15 is 0 Å². The van der Waals surface area contributed by atoms with E-state index in [1.54, 1.807) is 20.8 Å². The molecule has 0 spiro atoms. The monoisotopic (exact) mass is 299 g/mol. The third kappa shape index (κ3) is 5.13. The highest BCUT2D eigenvalue weighted by molar-refractivity contribution is 5.67. The molecule has 1 rings (SSSR count). The molecular formula is C14H21NO6. The number of ether oxygens (including phenoxy) is 1. The van der Waals surface area contributed by atoms with Gasteiger partial charge in [0.05, 0.1) is 0 Å². The summed E-state index contributed by atoms with van der Waals surface area (Å²) in [6.45, 7) is 4.82. The van der Waals surface area contributed by atoms with Crippen molar-refractivity contribution in [3.05, 3.63) is 23.8 Å². The van der Waals surface area contributed by atoms with Crippen LogP contribution in [0.15, 0.2) is 18.2 Å². The van der Waals surface area contributed by atoms with Gasteiger partial charge in [-0.2, -0.15) is 0 Å². The Hall–Kier alpha value is -1.99. The zero-order valence-corrected chi connectivity index (χ0v) is 12.2. The molecule has 1 aromatic carbocycles. The summed E-state index contributed by atoms with van der Waals surface area (Å²) in [6, 6.07) is 4.02. The van der Waals surface area contributed by atoms with Gasteiger partial charge < -0.3 is 30.5 Å². The number of aliphatic hydroxyl groups excluding tert-OH is 2. The Morgan fingerprint density at radius 3 is 2.48 bits per heavy atom. The first-order valence-corrected chi connectivity index (χ1v) is 6.45. The van der Waals surface area contributed by atoms with Crippen LogP contribution in [0.25, 0.3) is 0 Å². The molecule has 0 saturated heterocycles. The first kappa shape index (κ1) is 17.1. The number of alkyl carbamates (subject to hydrolysis) is 1. The van der Waals surface area contributed by atoms with Crippen LogP contribution in [-0.4, -0.2) is 44.8 Å². The van der Waals surface area contributed by atoms with Gasteiger partial charge in [-0.05, 0) is 26.8 Å². The fraction of sp³-hybridized carbons (Fsp3) is 0.500. The number of rotatable bonds is 4. The highest BCUT2D eigenvalue weighted by atomic mass is 16.6. The second kappa shape index (κ2) is 6.64. The van der Waals surface area contributed by atoms with Gasteiger partial charge in [-0.25, -0.2) is 4.79 Å². The number of carbonyl (C=O) groups is 1. The molecule has 2 unspecified atom stereocenters. The zero-order valence-electron chi connectivity index (χ0n) is 12.2. The van der Waals surface area contributed by atoms with Gasteiger partial charge >= 0.3 is 6.09 Å². The molecule has 0 aromatic heterocycles. The van der Waals surface area contributed by atoms with Gasteiger partial charge in [-0.15, -0.1) is 0 Å². The van der Waals surface area contributed by atoms with Crippen molar-refractivity contribution >= 4 is 6.09 Å². The summed E-state index contributed by atoms with van der Waals surface area (Å²) in [5.74, 6) is -0.917. The largest absolute Gasteiger partial charge is 0.504 e. The summed E-state index contributed by atoms with van der Waals surface area (Å²) in [5.41, 5.74) is -0.703. The van der Waals surface area contributed by atoms with Crippen LogP contribution < -0.4 is 5.32 Å². The second-order valence-electron chi connectivity index (χ2n) is 5.61. The van der Waals surface area contributed by atoms with E-state index in [0.29, 0.717) is 0 Å². The Morgan fingerprint density at radius 1 is 1.29 bits per heavy atom. The first-order valence-electron chi connectivity index (χ1n) is 6.45. The molecule has 0 fully saturated rings. The topological polar surface area (TPSA) is 119 Å². The lowest BCUT2D eigenvalue weighted by Gasteiger charge is -2.22. The maximum atomic E-state index is 11.4. The van der Waals surface area contributed by atoms with Crippen LogP contribution in [0.3, 0.4) is 0 Å². The van der Waals surface area contributed by atoms with E-state index in [2.05, 4.69) is 5.32 Å². The normalized spacial score (nSPS) is 14.3. The van der Waals surface area contributed by atoms with Crippen LogP contribution in [0.5, 0.6) is 11.5 Å². The molecule has 0 saturated carbocycles. The maximum Gasteiger partial charge on any atom is 0.407 e. The quantitative estimate of drug-likeness (QED) is 0.529. The number of benzene rings is 1. The van der Waals surface area contributed by atoms with Gasteiger partial charge in [0, 0.05) is 12.1 Å². The van der Waals surface area contributed by atoms with Crippen LogP contribution in [0.4, 0.5) is 4.79 Å². The van der Waals surface area contributed by atoms with Crippen LogP contribution >= 0.6 is 0 Å². The van der Waals surface area contributed by atoms with Crippen molar-refractivity contribution in [1.29, 1.82) is 0 Å². The minimum absolute atomic E-state index is 0.0338. The summed E-state index contributed by atoms with van der Waals surface area (Å²) in [4.78, 5) is 11.4. The van der Waals surface area contributed by atoms with Crippen molar-refractivity contribution in [2.24, 2.45) is 0 Å². The molecule has 1 amide bonds. The molecule has 0 heterocycles. The van der Waals surface area contributed by atoms with Crippen LogP contribution in [-0.2, 0) is 4.74 Å². The van der Waals surface area contributed by atoms with Crippen LogP contribution in [0.2, 0.25) is 0 Å². The van der Waals surface area contributed by atoms with E-state index < -0.39 is 35.4 Å². The van der Waals surface area contributed by atoms with E-state index in [-0.39, 0.29) is 12.1 Å². The molecule has 7 nitrogen and oxygen atoms in total. The third-order valence-electron chi connectivity index (χ3n) is 2.58. The molecule has 7 heteroatoms. The van der Waals surface area contributed by atoms with Gasteiger partial charge in [-0.1, -0.05) is 12.1 Å². The predicted molar refractivity (Wildman–Crippen MR) is 75.0 cm³/mol. The molecule has 0 radical (unpaired) electrons. The standard InChI is InChI=1S/C14H21NO6/c1-14(2,3)21-13(20)15-7-10(17)12(19)8-5-4-6-9(16)11(8)18/h4-6,10,12,16-19H,7H2,1-3H3,(H,15,20). The Kier molecular flexibility index (Phi) is 5.40. The number of para-hydroxylation sites is 1. The zero-order chi connectivity index (χ0) is 16.2. The van der Waals surface area contributed by atoms with Gasteiger partial charge in [-0.3, -0.25) is 0 Å². The smallest absolute Gasteiger partial charge is 0.407 e. The second-order valence-corrected chi connectivity index (χ2v) is 5.61. The Morgan fingerprint density at radius 2 is 1.90 bits per heavy atom. The number of carbonyl (C=O) groups excluding carboxylic acids is 1. The van der Waals surface area contributed by atoms with Crippen LogP contribution in [0, 0.1) is 0 Å². The summed E-state index contributed by atoms with van der Waals surface area (Å²) >= 11 is 0. The van der Waals surface area contributed by atoms with E-state index in [1.165, 1.54) is 18.2 Å². The Bertz CT molecular complexity index is 497. The van der Waals surface area contributed by atoms with Crippen LogP contribution in [0.1, 0.15) is 32.4 Å². The van der Waals surface area contributed by atoms with Crippen molar-refractivity contribution in [3.8, 4) is 11.5 Å². The molecule has 0 aliphatic heterocycles. The molecule has 0 aliphatic rings. The van der Waals surface area contributed by atoms with Gasteiger partial charge in [0.2, 0.25) is 0 Å². The summed E-state index contributed by atoms with van der Waals surface area (Å²) in [5, 5.41) is 41.0. The number of phenols is 2. The first-order chi connectivity index (χ1) is 9.61. The highest BCUT2D eigenvalue weighted by Crippen LogP contribution is 2.33. The number of amides is 1. The van der Waals surface area contributed by atoms with Gasteiger partial charge in [0.1, 0.15) is 17.8 Å². The molecule has 2 atom stereocenters. The number of phenolic OH excluding ortho intramolecular Hbond substituents is 2. The van der Waals surface area contributed by atoms with Crippen molar-refractivity contribution < 1.29 is 30.0 Å². The van der Waals surface area contributed by atoms with Gasteiger partial charge in [0.25, 0.3) is 0 Å². The van der Waals surface area contributed by atoms with E-state index in [0.717, 1.165) is 0 Å². The molecule has 21 heavy (non-hydrogen) atoms. The van der Waals surface area contributed by atoms with E-state index in [9.17, 15) is 25.2 Å². The minimum atomic E-state index is -1.47. The number of hydrogen-bond acceptors (Lipinski definition) is 6. The lowest BCUT2D eigenvalue weighted by molar-refractivity contribution is 0.0118. The molecule has 5 N–H and O–H groups in total. The maximum absolute atomic E-state index is 11.4. The SMILES string of the molecule is CC(C)(C)OC(=O)NCC(O)C(O)c1cccc(O)c1O. The van der Waals surface area contributed by atoms with Gasteiger partial charge in [0.15, 0.2) is 11.5 Å². The number of nitrogens with one attached hydrogen (secondary N) is 1. The lowest BCUT2D eigenvalue weighted by atomic mass is 10.0. The van der Waals surface area contributed by atoms with Crippen molar-refractivity contribution in [2.45, 2.75) is 38.6 Å². The number of aromatic hydroxyl groups is 2. The number of hydrogen-bond donors (Lipinski definition) is 5. The average Bonchev–Trinajstić information content (AvgIpc) is 2.36. The average molecular weight is 299 g/mol. The summed E-state index contributed by atoms with van der Waals surface area (Å²) in [6.07, 6.45) is -3.56. The summed E-state index contributed by atoms with van der Waals surface area (Å²) < 4.78 is 4.98. The molecule has 0 aliphatic carbocycles. The highest BCUT2D eigenvalue weighted by Gasteiger charge is 2.24. The molecule has 118 valence electrons. The molecule has 1 aromatic rings. The number of aliphatic hydroxyl groups is 2. The van der Waals surface area contributed by atoms with Crippen molar-refractivity contribution in [2.75, 3.05) is 6.54 Å². The Labute approximate surface area is 122 Å². The lowest BCUT2D eigenvalue weighted by Crippen LogP contribution is -2.38. The predicted octanol–water partition coefficient (Wildman–Crippen LogP) is 1.02. The fourth-order valence-corrected chi connectivity index (χ4v) is 1.61. The summed E-state index contributed by atoms with van der Waals surface area (Å²) in [7, 11) is 0. The van der Waals surface area contributed by atoms with E-state index in [4.69, 9.17) is 4.74 Å². The minimum Gasteiger partial charge on any atom is -0.504 e.